The van der Waals surface area contributed by atoms with Crippen LogP contribution < -0.4 is 5.32 Å². The maximum Gasteiger partial charge on any atom is 0.123 e. The fraction of sp³-hybridized carbons (Fsp3) is 0.625. The molecule has 104 valence electrons. The highest BCUT2D eigenvalue weighted by molar-refractivity contribution is 5.32. The summed E-state index contributed by atoms with van der Waals surface area (Å²) in [5.74, 6) is -0.158. The van der Waals surface area contributed by atoms with Crippen molar-refractivity contribution in [2.45, 2.75) is 50.2 Å². The van der Waals surface area contributed by atoms with Crippen molar-refractivity contribution in [3.05, 3.63) is 35.6 Å². The molecule has 3 rings (SSSR count). The Labute approximate surface area is 114 Å². The Bertz CT molecular complexity index is 454. The third-order valence-corrected chi connectivity index (χ3v) is 4.84. The van der Waals surface area contributed by atoms with Crippen molar-refractivity contribution in [2.24, 2.45) is 0 Å². The van der Waals surface area contributed by atoms with Crippen LogP contribution >= 0.6 is 0 Å². The molecule has 1 aliphatic carbocycles. The molecule has 2 fully saturated rings. The van der Waals surface area contributed by atoms with Crippen molar-refractivity contribution < 1.29 is 9.13 Å². The van der Waals surface area contributed by atoms with Gasteiger partial charge in [0, 0.05) is 6.42 Å². The first-order chi connectivity index (χ1) is 9.22. The van der Waals surface area contributed by atoms with Crippen LogP contribution in [-0.2, 0) is 10.3 Å². The molecule has 1 N–H and O–H groups in total. The predicted molar refractivity (Wildman–Crippen MR) is 73.5 cm³/mol. The molecule has 2 atom stereocenters. The normalized spacial score (nSPS) is 34.2. The molecule has 19 heavy (non-hydrogen) atoms. The third kappa shape index (κ3) is 1.91. The molecule has 1 aromatic carbocycles. The molecule has 1 heterocycles. The van der Waals surface area contributed by atoms with Gasteiger partial charge in [0.05, 0.1) is 17.7 Å². The standard InChI is InChI=1S/C16H22FNO/c1-2-18-16(13-6-5-7-14(17)12-13)9-4-3-8-15(16)10-11-19-15/h5-7,12,18H,2-4,8-11H2,1H3/t15?,16-/m0/s1. The van der Waals surface area contributed by atoms with Crippen LogP contribution in [0.15, 0.2) is 24.3 Å². The zero-order chi connectivity index (χ0) is 13.3. The largest absolute Gasteiger partial charge is 0.373 e. The summed E-state index contributed by atoms with van der Waals surface area (Å²) >= 11 is 0. The summed E-state index contributed by atoms with van der Waals surface area (Å²) in [5, 5.41) is 3.64. The van der Waals surface area contributed by atoms with Crippen LogP contribution in [0.25, 0.3) is 0 Å². The van der Waals surface area contributed by atoms with Crippen molar-refractivity contribution in [2.75, 3.05) is 13.2 Å². The molecule has 0 aromatic heterocycles. The maximum atomic E-state index is 13.6. The average molecular weight is 263 g/mol. The zero-order valence-electron chi connectivity index (χ0n) is 11.5. The minimum absolute atomic E-state index is 0.116. The Morgan fingerprint density at radius 3 is 2.68 bits per heavy atom. The van der Waals surface area contributed by atoms with Gasteiger partial charge in [-0.2, -0.15) is 0 Å². The van der Waals surface area contributed by atoms with Crippen LogP contribution in [0.5, 0.6) is 0 Å². The highest BCUT2D eigenvalue weighted by Gasteiger charge is 2.57. The second-order valence-electron chi connectivity index (χ2n) is 5.75. The van der Waals surface area contributed by atoms with Crippen molar-refractivity contribution in [1.82, 2.24) is 5.32 Å². The number of nitrogens with one attached hydrogen (secondary N) is 1. The fourth-order valence-electron chi connectivity index (χ4n) is 3.94. The Balaban J connectivity index is 2.06. The first-order valence-corrected chi connectivity index (χ1v) is 7.37. The number of hydrogen-bond donors (Lipinski definition) is 1. The van der Waals surface area contributed by atoms with Gasteiger partial charge in [0.1, 0.15) is 5.82 Å². The minimum Gasteiger partial charge on any atom is -0.373 e. The van der Waals surface area contributed by atoms with Gasteiger partial charge in [-0.05, 0) is 37.1 Å². The van der Waals surface area contributed by atoms with E-state index in [-0.39, 0.29) is 17.0 Å². The van der Waals surface area contributed by atoms with E-state index in [9.17, 15) is 4.39 Å². The minimum atomic E-state index is -0.208. The number of benzene rings is 1. The molecular weight excluding hydrogens is 241 g/mol. The van der Waals surface area contributed by atoms with Crippen molar-refractivity contribution in [1.29, 1.82) is 0 Å². The van der Waals surface area contributed by atoms with E-state index >= 15 is 0 Å². The zero-order valence-corrected chi connectivity index (χ0v) is 11.5. The topological polar surface area (TPSA) is 21.3 Å². The van der Waals surface area contributed by atoms with Gasteiger partial charge in [0.2, 0.25) is 0 Å². The molecule has 1 saturated carbocycles. The molecule has 2 aliphatic rings. The highest BCUT2D eigenvalue weighted by atomic mass is 19.1. The number of halogens is 1. The van der Waals surface area contributed by atoms with E-state index in [1.165, 1.54) is 18.9 Å². The lowest BCUT2D eigenvalue weighted by Gasteiger charge is -2.59. The van der Waals surface area contributed by atoms with Gasteiger partial charge in [0.25, 0.3) is 0 Å². The average Bonchev–Trinajstić information content (AvgIpc) is 2.37. The lowest BCUT2D eigenvalue weighted by Crippen LogP contribution is -2.67. The van der Waals surface area contributed by atoms with Gasteiger partial charge >= 0.3 is 0 Å². The second kappa shape index (κ2) is 4.88. The van der Waals surface area contributed by atoms with Crippen molar-refractivity contribution in [3.63, 3.8) is 0 Å². The number of rotatable bonds is 3. The summed E-state index contributed by atoms with van der Waals surface area (Å²) in [7, 11) is 0. The molecule has 1 aromatic rings. The molecule has 1 saturated heterocycles. The van der Waals surface area contributed by atoms with E-state index in [0.717, 1.165) is 38.0 Å². The Kier molecular flexibility index (Phi) is 3.35. The van der Waals surface area contributed by atoms with E-state index in [2.05, 4.69) is 12.2 Å². The molecule has 0 radical (unpaired) electrons. The highest BCUT2D eigenvalue weighted by Crippen LogP contribution is 2.52. The van der Waals surface area contributed by atoms with E-state index in [4.69, 9.17) is 4.74 Å². The molecule has 3 heteroatoms. The smallest absolute Gasteiger partial charge is 0.123 e. The monoisotopic (exact) mass is 263 g/mol. The second-order valence-corrected chi connectivity index (χ2v) is 5.75. The van der Waals surface area contributed by atoms with Crippen LogP contribution in [0, 0.1) is 5.82 Å². The maximum absolute atomic E-state index is 13.6. The van der Waals surface area contributed by atoms with Crippen LogP contribution in [0.1, 0.15) is 44.6 Å². The number of ether oxygens (including phenoxy) is 1. The van der Waals surface area contributed by atoms with Crippen molar-refractivity contribution >= 4 is 0 Å². The van der Waals surface area contributed by atoms with E-state index in [1.54, 1.807) is 6.07 Å². The Morgan fingerprint density at radius 2 is 2.05 bits per heavy atom. The summed E-state index contributed by atoms with van der Waals surface area (Å²) in [4.78, 5) is 0. The van der Waals surface area contributed by atoms with E-state index < -0.39 is 0 Å². The molecular formula is C16H22FNO. The van der Waals surface area contributed by atoms with Gasteiger partial charge in [-0.15, -0.1) is 0 Å². The van der Waals surface area contributed by atoms with E-state index in [1.807, 2.05) is 12.1 Å². The quantitative estimate of drug-likeness (QED) is 0.903. The summed E-state index contributed by atoms with van der Waals surface area (Å²) in [5.41, 5.74) is 0.726. The van der Waals surface area contributed by atoms with Gasteiger partial charge in [-0.25, -0.2) is 4.39 Å². The number of likely N-dealkylation sites (N-methyl/N-ethyl adjacent to an activating group) is 1. The van der Waals surface area contributed by atoms with Gasteiger partial charge in [-0.1, -0.05) is 31.9 Å². The lowest BCUT2D eigenvalue weighted by atomic mass is 9.62. The summed E-state index contributed by atoms with van der Waals surface area (Å²) < 4.78 is 19.7. The van der Waals surface area contributed by atoms with Crippen LogP contribution in [0.4, 0.5) is 4.39 Å². The first-order valence-electron chi connectivity index (χ1n) is 7.37. The van der Waals surface area contributed by atoms with Gasteiger partial charge in [-0.3, -0.25) is 0 Å². The summed E-state index contributed by atoms with van der Waals surface area (Å²) in [6.07, 6.45) is 5.58. The summed E-state index contributed by atoms with van der Waals surface area (Å²) in [6.45, 7) is 3.83. The van der Waals surface area contributed by atoms with Crippen LogP contribution in [0.2, 0.25) is 0 Å². The van der Waals surface area contributed by atoms with Crippen LogP contribution in [0.3, 0.4) is 0 Å². The lowest BCUT2D eigenvalue weighted by molar-refractivity contribution is -0.218. The predicted octanol–water partition coefficient (Wildman–Crippen LogP) is 3.36. The van der Waals surface area contributed by atoms with Gasteiger partial charge in [0.15, 0.2) is 0 Å². The fourth-order valence-corrected chi connectivity index (χ4v) is 3.94. The molecule has 1 spiro atoms. The van der Waals surface area contributed by atoms with E-state index in [0.29, 0.717) is 0 Å². The molecule has 0 amide bonds. The third-order valence-electron chi connectivity index (χ3n) is 4.84. The number of hydrogen-bond acceptors (Lipinski definition) is 2. The molecule has 0 bridgehead atoms. The van der Waals surface area contributed by atoms with Crippen LogP contribution in [-0.4, -0.2) is 18.8 Å². The first kappa shape index (κ1) is 13.1. The molecule has 2 nitrogen and oxygen atoms in total. The van der Waals surface area contributed by atoms with Crippen molar-refractivity contribution in [3.8, 4) is 0 Å². The summed E-state index contributed by atoms with van der Waals surface area (Å²) in [6, 6.07) is 7.04. The SMILES string of the molecule is CCN[C@]1(c2cccc(F)c2)CCCCC12CCO2. The Hall–Kier alpha value is -0.930. The molecule has 1 aliphatic heterocycles. The Morgan fingerprint density at radius 1 is 1.26 bits per heavy atom. The molecule has 1 unspecified atom stereocenters. The van der Waals surface area contributed by atoms with Gasteiger partial charge < -0.3 is 10.1 Å².